The van der Waals surface area contributed by atoms with Gasteiger partial charge in [-0.25, -0.2) is 0 Å². The van der Waals surface area contributed by atoms with E-state index in [1.54, 1.807) is 24.3 Å². The first-order chi connectivity index (χ1) is 8.54. The predicted molar refractivity (Wildman–Crippen MR) is 66.4 cm³/mol. The SMILES string of the molecule is CCNC(=O)c1ccccc1CC(O)CC(=O)O. The third-order valence-electron chi connectivity index (χ3n) is 2.47. The molecule has 3 N–H and O–H groups in total. The molecule has 1 aromatic carbocycles. The van der Waals surface area contributed by atoms with Crippen LogP contribution in [0.15, 0.2) is 24.3 Å². The van der Waals surface area contributed by atoms with Crippen molar-refractivity contribution in [1.29, 1.82) is 0 Å². The summed E-state index contributed by atoms with van der Waals surface area (Å²) >= 11 is 0. The highest BCUT2D eigenvalue weighted by Gasteiger charge is 2.15. The van der Waals surface area contributed by atoms with Crippen molar-refractivity contribution in [2.75, 3.05) is 6.54 Å². The maximum atomic E-state index is 11.8. The van der Waals surface area contributed by atoms with Crippen molar-refractivity contribution in [2.45, 2.75) is 25.9 Å². The van der Waals surface area contributed by atoms with Crippen molar-refractivity contribution in [3.05, 3.63) is 35.4 Å². The van der Waals surface area contributed by atoms with Crippen molar-refractivity contribution >= 4 is 11.9 Å². The number of amides is 1. The van der Waals surface area contributed by atoms with Gasteiger partial charge < -0.3 is 15.5 Å². The van der Waals surface area contributed by atoms with Gasteiger partial charge in [0.1, 0.15) is 0 Å². The highest BCUT2D eigenvalue weighted by Crippen LogP contribution is 2.12. The first-order valence-electron chi connectivity index (χ1n) is 5.80. The van der Waals surface area contributed by atoms with E-state index in [2.05, 4.69) is 5.32 Å². The molecule has 1 rings (SSSR count). The number of carbonyl (C=O) groups excluding carboxylic acids is 1. The molecule has 0 saturated heterocycles. The summed E-state index contributed by atoms with van der Waals surface area (Å²) in [5, 5.41) is 20.9. The van der Waals surface area contributed by atoms with Gasteiger partial charge in [-0.3, -0.25) is 9.59 Å². The van der Waals surface area contributed by atoms with Crippen molar-refractivity contribution in [2.24, 2.45) is 0 Å². The lowest BCUT2D eigenvalue weighted by Crippen LogP contribution is -2.25. The molecule has 18 heavy (non-hydrogen) atoms. The van der Waals surface area contributed by atoms with Crippen LogP contribution in [0.5, 0.6) is 0 Å². The Morgan fingerprint density at radius 3 is 2.61 bits per heavy atom. The number of aliphatic hydroxyl groups excluding tert-OH is 1. The molecule has 0 saturated carbocycles. The van der Waals surface area contributed by atoms with E-state index in [0.29, 0.717) is 17.7 Å². The smallest absolute Gasteiger partial charge is 0.305 e. The van der Waals surface area contributed by atoms with Gasteiger partial charge in [-0.05, 0) is 25.0 Å². The van der Waals surface area contributed by atoms with Crippen molar-refractivity contribution in [1.82, 2.24) is 5.32 Å². The number of benzene rings is 1. The van der Waals surface area contributed by atoms with Gasteiger partial charge in [-0.1, -0.05) is 18.2 Å². The number of nitrogens with one attached hydrogen (secondary N) is 1. The molecule has 0 aliphatic carbocycles. The fraction of sp³-hybridized carbons (Fsp3) is 0.385. The molecule has 0 aliphatic rings. The molecule has 5 heteroatoms. The third-order valence-corrected chi connectivity index (χ3v) is 2.47. The number of aliphatic carboxylic acids is 1. The van der Waals surface area contributed by atoms with Gasteiger partial charge >= 0.3 is 5.97 Å². The molecule has 0 spiro atoms. The number of rotatable bonds is 6. The lowest BCUT2D eigenvalue weighted by molar-refractivity contribution is -0.139. The lowest BCUT2D eigenvalue weighted by atomic mass is 9.99. The van der Waals surface area contributed by atoms with Gasteiger partial charge in [0.2, 0.25) is 0 Å². The zero-order chi connectivity index (χ0) is 13.5. The molecule has 1 amide bonds. The zero-order valence-electron chi connectivity index (χ0n) is 10.2. The van der Waals surface area contributed by atoms with Crippen LogP contribution in [0, 0.1) is 0 Å². The van der Waals surface area contributed by atoms with Gasteiger partial charge in [-0.2, -0.15) is 0 Å². The van der Waals surface area contributed by atoms with Crippen LogP contribution in [0.3, 0.4) is 0 Å². The van der Waals surface area contributed by atoms with Crippen LogP contribution >= 0.6 is 0 Å². The summed E-state index contributed by atoms with van der Waals surface area (Å²) in [6, 6.07) is 6.87. The van der Waals surface area contributed by atoms with Crippen LogP contribution in [0.2, 0.25) is 0 Å². The van der Waals surface area contributed by atoms with Crippen molar-refractivity contribution < 1.29 is 19.8 Å². The normalized spacial score (nSPS) is 11.9. The summed E-state index contributed by atoms with van der Waals surface area (Å²) in [7, 11) is 0. The minimum absolute atomic E-state index is 0.152. The van der Waals surface area contributed by atoms with E-state index in [0.717, 1.165) is 0 Å². The van der Waals surface area contributed by atoms with E-state index in [9.17, 15) is 14.7 Å². The second kappa shape index (κ2) is 6.76. The lowest BCUT2D eigenvalue weighted by Gasteiger charge is -2.12. The van der Waals surface area contributed by atoms with E-state index in [-0.39, 0.29) is 18.7 Å². The fourth-order valence-electron chi connectivity index (χ4n) is 1.70. The van der Waals surface area contributed by atoms with Crippen LogP contribution in [0.4, 0.5) is 0 Å². The number of carboxylic acid groups (broad SMARTS) is 1. The summed E-state index contributed by atoms with van der Waals surface area (Å²) in [6.45, 7) is 2.34. The van der Waals surface area contributed by atoms with Gasteiger partial charge in [0.25, 0.3) is 5.91 Å². The second-order valence-corrected chi connectivity index (χ2v) is 3.97. The molecule has 5 nitrogen and oxygen atoms in total. The Hall–Kier alpha value is -1.88. The van der Waals surface area contributed by atoms with E-state index in [1.165, 1.54) is 0 Å². The van der Waals surface area contributed by atoms with E-state index in [4.69, 9.17) is 5.11 Å². The second-order valence-electron chi connectivity index (χ2n) is 3.97. The monoisotopic (exact) mass is 251 g/mol. The molecule has 0 radical (unpaired) electrons. The van der Waals surface area contributed by atoms with E-state index in [1.807, 2.05) is 6.92 Å². The van der Waals surface area contributed by atoms with Gasteiger partial charge in [0.05, 0.1) is 12.5 Å². The Labute approximate surface area is 105 Å². The van der Waals surface area contributed by atoms with Gasteiger partial charge in [0.15, 0.2) is 0 Å². The first-order valence-corrected chi connectivity index (χ1v) is 5.80. The average Bonchev–Trinajstić information content (AvgIpc) is 2.28. The molecule has 1 atom stereocenters. The summed E-state index contributed by atoms with van der Waals surface area (Å²) in [5.41, 5.74) is 1.13. The summed E-state index contributed by atoms with van der Waals surface area (Å²) in [5.74, 6) is -1.27. The number of hydrogen-bond donors (Lipinski definition) is 3. The highest BCUT2D eigenvalue weighted by molar-refractivity contribution is 5.95. The summed E-state index contributed by atoms with van der Waals surface area (Å²) in [4.78, 5) is 22.2. The number of carboxylic acids is 1. The molecule has 1 unspecified atom stereocenters. The van der Waals surface area contributed by atoms with E-state index < -0.39 is 12.1 Å². The molecule has 0 bridgehead atoms. The standard InChI is InChI=1S/C13H17NO4/c1-2-14-13(18)11-6-4-3-5-9(11)7-10(15)8-12(16)17/h3-6,10,15H,2,7-8H2,1H3,(H,14,18)(H,16,17). The Bertz CT molecular complexity index is 431. The largest absolute Gasteiger partial charge is 0.481 e. The third kappa shape index (κ3) is 4.18. The Balaban J connectivity index is 2.82. The van der Waals surface area contributed by atoms with Crippen LogP contribution in [-0.4, -0.2) is 34.7 Å². The molecule has 1 aromatic rings. The average molecular weight is 251 g/mol. The first kappa shape index (κ1) is 14.2. The zero-order valence-corrected chi connectivity index (χ0v) is 10.2. The highest BCUT2D eigenvalue weighted by atomic mass is 16.4. The molecule has 98 valence electrons. The summed E-state index contributed by atoms with van der Waals surface area (Å²) < 4.78 is 0. The molecule has 0 aromatic heterocycles. The molecule has 0 heterocycles. The molecule has 0 fully saturated rings. The number of aliphatic hydroxyl groups is 1. The Morgan fingerprint density at radius 2 is 2.00 bits per heavy atom. The van der Waals surface area contributed by atoms with E-state index >= 15 is 0 Å². The fourth-order valence-corrected chi connectivity index (χ4v) is 1.70. The molecular weight excluding hydrogens is 234 g/mol. The van der Waals surface area contributed by atoms with Gasteiger partial charge in [0, 0.05) is 12.1 Å². The molecule has 0 aliphatic heterocycles. The van der Waals surface area contributed by atoms with Crippen molar-refractivity contribution in [3.63, 3.8) is 0 Å². The van der Waals surface area contributed by atoms with Gasteiger partial charge in [-0.15, -0.1) is 0 Å². The van der Waals surface area contributed by atoms with Crippen LogP contribution in [0.1, 0.15) is 29.3 Å². The minimum atomic E-state index is -1.06. The number of carbonyl (C=O) groups is 2. The molecular formula is C13H17NO4. The maximum Gasteiger partial charge on any atom is 0.305 e. The Morgan fingerprint density at radius 1 is 1.33 bits per heavy atom. The quantitative estimate of drug-likeness (QED) is 0.698. The Kier molecular flexibility index (Phi) is 5.32. The minimum Gasteiger partial charge on any atom is -0.481 e. The predicted octanol–water partition coefficient (Wildman–Crippen LogP) is 0.814. The maximum absolute atomic E-state index is 11.8. The van der Waals surface area contributed by atoms with Crippen LogP contribution < -0.4 is 5.32 Å². The topological polar surface area (TPSA) is 86.6 Å². The number of hydrogen-bond acceptors (Lipinski definition) is 3. The van der Waals surface area contributed by atoms with Crippen LogP contribution in [0.25, 0.3) is 0 Å². The van der Waals surface area contributed by atoms with Crippen molar-refractivity contribution in [3.8, 4) is 0 Å². The summed E-state index contributed by atoms with van der Waals surface area (Å²) in [6.07, 6.45) is -1.17. The van der Waals surface area contributed by atoms with Crippen LogP contribution in [-0.2, 0) is 11.2 Å².